The first-order valence-electron chi connectivity index (χ1n) is 7.50. The number of unbranched alkanes of at least 4 members (excludes halogenated alkanes) is 1. The third kappa shape index (κ3) is 6.24. The summed E-state index contributed by atoms with van der Waals surface area (Å²) in [7, 11) is 0. The van der Waals surface area contributed by atoms with Crippen LogP contribution in [0.4, 0.5) is 0 Å². The van der Waals surface area contributed by atoms with Crippen molar-refractivity contribution in [3.8, 4) is 0 Å². The van der Waals surface area contributed by atoms with Crippen LogP contribution in [0.5, 0.6) is 0 Å². The van der Waals surface area contributed by atoms with Gasteiger partial charge in [-0.05, 0) is 37.9 Å². The quantitative estimate of drug-likeness (QED) is 0.460. The van der Waals surface area contributed by atoms with Gasteiger partial charge in [-0.25, -0.2) is 0 Å². The van der Waals surface area contributed by atoms with Crippen molar-refractivity contribution in [3.63, 3.8) is 0 Å². The molecule has 1 aromatic carbocycles. The van der Waals surface area contributed by atoms with Crippen molar-refractivity contribution >= 4 is 11.9 Å². The second-order valence-electron chi connectivity index (χ2n) is 5.22. The van der Waals surface area contributed by atoms with Gasteiger partial charge in [0.2, 0.25) is 0 Å². The molecule has 0 aliphatic heterocycles. The van der Waals surface area contributed by atoms with Crippen LogP contribution >= 0.6 is 0 Å². The normalized spacial score (nSPS) is 13.5. The molecule has 0 saturated heterocycles. The van der Waals surface area contributed by atoms with Gasteiger partial charge in [-0.2, -0.15) is 0 Å². The van der Waals surface area contributed by atoms with Crippen molar-refractivity contribution in [1.82, 2.24) is 5.32 Å². The van der Waals surface area contributed by atoms with Crippen molar-refractivity contribution in [2.75, 3.05) is 13.1 Å². The van der Waals surface area contributed by atoms with Gasteiger partial charge in [0.25, 0.3) is 0 Å². The van der Waals surface area contributed by atoms with Crippen LogP contribution in [0.3, 0.4) is 0 Å². The third-order valence-corrected chi connectivity index (χ3v) is 3.57. The zero-order valence-corrected chi connectivity index (χ0v) is 12.6. The van der Waals surface area contributed by atoms with Gasteiger partial charge >= 0.3 is 11.9 Å². The monoisotopic (exact) mass is 308 g/mol. The number of aliphatic carboxylic acids is 2. The maximum atomic E-state index is 11.4. The molecule has 0 spiro atoms. The lowest BCUT2D eigenvalue weighted by Crippen LogP contribution is -2.38. The number of carboxylic acids is 2. The first-order chi connectivity index (χ1) is 10.6. The van der Waals surface area contributed by atoms with Crippen molar-refractivity contribution in [3.05, 3.63) is 35.9 Å². The van der Waals surface area contributed by atoms with Crippen LogP contribution in [-0.2, 0) is 9.59 Å². The molecule has 0 saturated carbocycles. The molecule has 6 heteroatoms. The minimum Gasteiger partial charge on any atom is -0.481 e. The second kappa shape index (κ2) is 9.92. The Morgan fingerprint density at radius 1 is 1.05 bits per heavy atom. The zero-order chi connectivity index (χ0) is 16.4. The van der Waals surface area contributed by atoms with E-state index in [0.717, 1.165) is 18.4 Å². The summed E-state index contributed by atoms with van der Waals surface area (Å²) in [6.45, 7) is 0.882. The number of hydrogen-bond acceptors (Lipinski definition) is 4. The van der Waals surface area contributed by atoms with E-state index in [-0.39, 0.29) is 0 Å². The largest absolute Gasteiger partial charge is 0.481 e. The average molecular weight is 308 g/mol. The molecule has 6 nitrogen and oxygen atoms in total. The predicted octanol–water partition coefficient (Wildman–Crippen LogP) is 1.42. The van der Waals surface area contributed by atoms with Crippen molar-refractivity contribution in [1.29, 1.82) is 0 Å². The standard InChI is InChI=1S/C16H24N2O4/c17-10-5-4-8-14(16(21)22)18-11-9-13(15(19)20)12-6-2-1-3-7-12/h1-3,6-7,13-14,18H,4-5,8-11,17H2,(H,19,20)(H,21,22). The molecule has 1 aromatic rings. The van der Waals surface area contributed by atoms with Crippen LogP contribution in [-0.4, -0.2) is 41.3 Å². The molecule has 122 valence electrons. The number of rotatable bonds is 11. The van der Waals surface area contributed by atoms with E-state index in [2.05, 4.69) is 5.32 Å². The minimum absolute atomic E-state index is 0.339. The SMILES string of the molecule is NCCCCC(NCCC(C(=O)O)c1ccccc1)C(=O)O. The Balaban J connectivity index is 2.50. The number of nitrogens with one attached hydrogen (secondary N) is 1. The lowest BCUT2D eigenvalue weighted by molar-refractivity contribution is -0.139. The molecule has 0 aromatic heterocycles. The minimum atomic E-state index is -0.913. The number of carbonyl (C=O) groups is 2. The molecule has 0 aliphatic rings. The number of hydrogen-bond donors (Lipinski definition) is 4. The van der Waals surface area contributed by atoms with Crippen LogP contribution in [0.1, 0.15) is 37.2 Å². The van der Waals surface area contributed by atoms with Crippen LogP contribution < -0.4 is 11.1 Å². The lowest BCUT2D eigenvalue weighted by Gasteiger charge is -2.17. The summed E-state index contributed by atoms with van der Waals surface area (Å²) in [6.07, 6.45) is 2.37. The molecule has 0 amide bonds. The molecule has 0 radical (unpaired) electrons. The van der Waals surface area contributed by atoms with E-state index in [1.54, 1.807) is 24.3 Å². The van der Waals surface area contributed by atoms with Crippen molar-refractivity contribution in [2.45, 2.75) is 37.6 Å². The fourth-order valence-corrected chi connectivity index (χ4v) is 2.33. The van der Waals surface area contributed by atoms with E-state index < -0.39 is 23.9 Å². The summed E-state index contributed by atoms with van der Waals surface area (Å²) in [4.78, 5) is 22.5. The molecule has 22 heavy (non-hydrogen) atoms. The Kier molecular flexibility index (Phi) is 8.17. The van der Waals surface area contributed by atoms with E-state index in [0.29, 0.717) is 25.9 Å². The van der Waals surface area contributed by atoms with Crippen LogP contribution in [0.2, 0.25) is 0 Å². The summed E-state index contributed by atoms with van der Waals surface area (Å²) in [5.41, 5.74) is 6.12. The molecule has 0 aliphatic carbocycles. The highest BCUT2D eigenvalue weighted by atomic mass is 16.4. The smallest absolute Gasteiger partial charge is 0.320 e. The third-order valence-electron chi connectivity index (χ3n) is 3.57. The summed E-state index contributed by atoms with van der Waals surface area (Å²) in [5.74, 6) is -2.45. The molecular formula is C16H24N2O4. The molecule has 0 bridgehead atoms. The van der Waals surface area contributed by atoms with E-state index in [1.807, 2.05) is 6.07 Å². The number of carboxylic acid groups (broad SMARTS) is 2. The van der Waals surface area contributed by atoms with Crippen LogP contribution in [0, 0.1) is 0 Å². The highest BCUT2D eigenvalue weighted by Gasteiger charge is 2.21. The second-order valence-corrected chi connectivity index (χ2v) is 5.22. The Hall–Kier alpha value is -1.92. The average Bonchev–Trinajstić information content (AvgIpc) is 2.50. The number of benzene rings is 1. The van der Waals surface area contributed by atoms with Crippen molar-refractivity contribution in [2.24, 2.45) is 5.73 Å². The lowest BCUT2D eigenvalue weighted by atomic mass is 9.95. The first-order valence-corrected chi connectivity index (χ1v) is 7.50. The van der Waals surface area contributed by atoms with Gasteiger partial charge in [0.1, 0.15) is 6.04 Å². The van der Waals surface area contributed by atoms with E-state index in [4.69, 9.17) is 10.8 Å². The topological polar surface area (TPSA) is 113 Å². The van der Waals surface area contributed by atoms with Gasteiger partial charge in [-0.1, -0.05) is 36.8 Å². The summed E-state index contributed by atoms with van der Waals surface area (Å²) < 4.78 is 0. The van der Waals surface area contributed by atoms with E-state index in [9.17, 15) is 14.7 Å². The van der Waals surface area contributed by atoms with Gasteiger partial charge in [0.15, 0.2) is 0 Å². The molecule has 2 unspecified atom stereocenters. The highest BCUT2D eigenvalue weighted by molar-refractivity contribution is 5.76. The summed E-state index contributed by atoms with van der Waals surface area (Å²) in [6, 6.07) is 8.32. The van der Waals surface area contributed by atoms with Crippen molar-refractivity contribution < 1.29 is 19.8 Å². The molecule has 0 fully saturated rings. The highest BCUT2D eigenvalue weighted by Crippen LogP contribution is 2.19. The zero-order valence-electron chi connectivity index (χ0n) is 12.6. The molecule has 0 heterocycles. The van der Waals surface area contributed by atoms with Crippen LogP contribution in [0.25, 0.3) is 0 Å². The Bertz CT molecular complexity index is 464. The Morgan fingerprint density at radius 2 is 1.73 bits per heavy atom. The fraction of sp³-hybridized carbons (Fsp3) is 0.500. The maximum absolute atomic E-state index is 11.4. The van der Waals surface area contributed by atoms with E-state index in [1.165, 1.54) is 0 Å². The van der Waals surface area contributed by atoms with Gasteiger partial charge in [0.05, 0.1) is 5.92 Å². The van der Waals surface area contributed by atoms with Crippen LogP contribution in [0.15, 0.2) is 30.3 Å². The summed E-state index contributed by atoms with van der Waals surface area (Å²) in [5, 5.41) is 21.4. The maximum Gasteiger partial charge on any atom is 0.320 e. The molecule has 5 N–H and O–H groups in total. The Morgan fingerprint density at radius 3 is 2.27 bits per heavy atom. The first kappa shape index (κ1) is 18.1. The number of nitrogens with two attached hydrogens (primary N) is 1. The van der Waals surface area contributed by atoms with E-state index >= 15 is 0 Å². The van der Waals surface area contributed by atoms with Gasteiger partial charge in [-0.3, -0.25) is 9.59 Å². The molecule has 2 atom stereocenters. The van der Waals surface area contributed by atoms with Gasteiger partial charge in [-0.15, -0.1) is 0 Å². The van der Waals surface area contributed by atoms with Gasteiger partial charge in [0, 0.05) is 0 Å². The Labute approximate surface area is 130 Å². The van der Waals surface area contributed by atoms with Gasteiger partial charge < -0.3 is 21.3 Å². The predicted molar refractivity (Wildman–Crippen MR) is 83.8 cm³/mol. The molecule has 1 rings (SSSR count). The fourth-order valence-electron chi connectivity index (χ4n) is 2.33. The molecular weight excluding hydrogens is 284 g/mol. The summed E-state index contributed by atoms with van der Waals surface area (Å²) >= 11 is 0.